The highest BCUT2D eigenvalue weighted by Crippen LogP contribution is 2.24. The third kappa shape index (κ3) is 2.54. The molecule has 0 saturated carbocycles. The molecule has 0 radical (unpaired) electrons. The maximum absolute atomic E-state index is 12.2. The molecule has 5 heteroatoms. The van der Waals surface area contributed by atoms with Crippen LogP contribution in [-0.2, 0) is 6.54 Å². The van der Waals surface area contributed by atoms with Gasteiger partial charge in [0.15, 0.2) is 0 Å². The standard InChI is InChI=1S/C15H13N3OS/c16-9-13-8-11(3-5-17-13)15(19)18-12-1-2-14-10(7-12)4-6-20-14/h1-8H,9,16H2,(H,18,19). The fraction of sp³-hybridized carbons (Fsp3) is 0.0667. The molecule has 2 heterocycles. The number of nitrogens with two attached hydrogens (primary N) is 1. The number of rotatable bonds is 3. The van der Waals surface area contributed by atoms with Gasteiger partial charge in [-0.1, -0.05) is 0 Å². The average molecular weight is 283 g/mol. The van der Waals surface area contributed by atoms with Crippen molar-refractivity contribution in [2.45, 2.75) is 6.54 Å². The number of carbonyl (C=O) groups is 1. The highest BCUT2D eigenvalue weighted by molar-refractivity contribution is 7.17. The van der Waals surface area contributed by atoms with E-state index in [9.17, 15) is 4.79 Å². The lowest BCUT2D eigenvalue weighted by atomic mass is 10.2. The van der Waals surface area contributed by atoms with Crippen LogP contribution in [0.25, 0.3) is 10.1 Å². The molecule has 0 aliphatic heterocycles. The maximum Gasteiger partial charge on any atom is 0.255 e. The number of carbonyl (C=O) groups excluding carboxylic acids is 1. The van der Waals surface area contributed by atoms with Gasteiger partial charge in [0.25, 0.3) is 5.91 Å². The number of hydrogen-bond donors (Lipinski definition) is 2. The predicted octanol–water partition coefficient (Wildman–Crippen LogP) is 3.01. The first-order valence-corrected chi connectivity index (χ1v) is 7.08. The number of amides is 1. The Morgan fingerprint density at radius 3 is 3.00 bits per heavy atom. The van der Waals surface area contributed by atoms with Gasteiger partial charge in [0.1, 0.15) is 0 Å². The van der Waals surface area contributed by atoms with E-state index < -0.39 is 0 Å². The lowest BCUT2D eigenvalue weighted by Crippen LogP contribution is -2.13. The van der Waals surface area contributed by atoms with E-state index in [1.807, 2.05) is 29.6 Å². The Kier molecular flexibility index (Phi) is 3.45. The van der Waals surface area contributed by atoms with Gasteiger partial charge in [-0.3, -0.25) is 9.78 Å². The summed E-state index contributed by atoms with van der Waals surface area (Å²) >= 11 is 1.68. The summed E-state index contributed by atoms with van der Waals surface area (Å²) < 4.78 is 1.21. The van der Waals surface area contributed by atoms with Crippen molar-refractivity contribution in [1.29, 1.82) is 0 Å². The fourth-order valence-electron chi connectivity index (χ4n) is 1.98. The van der Waals surface area contributed by atoms with Crippen LogP contribution >= 0.6 is 11.3 Å². The highest BCUT2D eigenvalue weighted by atomic mass is 32.1. The molecule has 0 fully saturated rings. The van der Waals surface area contributed by atoms with Crippen LogP contribution in [0.5, 0.6) is 0 Å². The molecule has 3 N–H and O–H groups in total. The second kappa shape index (κ2) is 5.40. The summed E-state index contributed by atoms with van der Waals surface area (Å²) in [7, 11) is 0. The van der Waals surface area contributed by atoms with Gasteiger partial charge in [0, 0.05) is 28.7 Å². The minimum absolute atomic E-state index is 0.156. The van der Waals surface area contributed by atoms with E-state index in [0.717, 1.165) is 11.1 Å². The summed E-state index contributed by atoms with van der Waals surface area (Å²) in [4.78, 5) is 16.3. The molecule has 0 aliphatic rings. The lowest BCUT2D eigenvalue weighted by molar-refractivity contribution is 0.102. The number of aromatic nitrogens is 1. The van der Waals surface area contributed by atoms with Gasteiger partial charge >= 0.3 is 0 Å². The molecule has 0 aliphatic carbocycles. The summed E-state index contributed by atoms with van der Waals surface area (Å²) in [6.07, 6.45) is 1.60. The third-order valence-electron chi connectivity index (χ3n) is 3.00. The van der Waals surface area contributed by atoms with Gasteiger partial charge in [-0.15, -0.1) is 11.3 Å². The number of anilines is 1. The van der Waals surface area contributed by atoms with Crippen molar-refractivity contribution < 1.29 is 4.79 Å². The van der Waals surface area contributed by atoms with E-state index in [2.05, 4.69) is 10.3 Å². The number of thiophene rings is 1. The molecule has 0 bridgehead atoms. The Morgan fingerprint density at radius 1 is 1.25 bits per heavy atom. The van der Waals surface area contributed by atoms with E-state index in [1.54, 1.807) is 29.7 Å². The summed E-state index contributed by atoms with van der Waals surface area (Å²) in [6, 6.07) is 11.3. The van der Waals surface area contributed by atoms with Crippen molar-refractivity contribution >= 4 is 33.0 Å². The topological polar surface area (TPSA) is 68.0 Å². The van der Waals surface area contributed by atoms with Crippen LogP contribution < -0.4 is 11.1 Å². The molecule has 100 valence electrons. The molecule has 4 nitrogen and oxygen atoms in total. The van der Waals surface area contributed by atoms with E-state index in [0.29, 0.717) is 17.8 Å². The Balaban J connectivity index is 1.83. The Bertz CT molecular complexity index is 766. The quantitative estimate of drug-likeness (QED) is 0.776. The second-order valence-electron chi connectivity index (χ2n) is 4.37. The number of nitrogens with one attached hydrogen (secondary N) is 1. The number of nitrogens with zero attached hydrogens (tertiary/aromatic N) is 1. The van der Waals surface area contributed by atoms with Crippen molar-refractivity contribution in [3.05, 3.63) is 59.2 Å². The van der Waals surface area contributed by atoms with Crippen LogP contribution in [-0.4, -0.2) is 10.9 Å². The maximum atomic E-state index is 12.2. The molecule has 3 rings (SSSR count). The van der Waals surface area contributed by atoms with Crippen LogP contribution in [0, 0.1) is 0 Å². The molecule has 20 heavy (non-hydrogen) atoms. The Hall–Kier alpha value is -2.24. The molecule has 0 spiro atoms. The molecule has 0 saturated heterocycles. The number of pyridine rings is 1. The average Bonchev–Trinajstić information content (AvgIpc) is 2.95. The zero-order chi connectivity index (χ0) is 13.9. The van der Waals surface area contributed by atoms with Crippen LogP contribution in [0.1, 0.15) is 16.1 Å². The van der Waals surface area contributed by atoms with E-state index in [-0.39, 0.29) is 5.91 Å². The summed E-state index contributed by atoms with van der Waals surface area (Å²) in [5.74, 6) is -0.156. The normalized spacial score (nSPS) is 10.7. The molecule has 1 amide bonds. The third-order valence-corrected chi connectivity index (χ3v) is 3.90. The van der Waals surface area contributed by atoms with E-state index >= 15 is 0 Å². The SMILES string of the molecule is NCc1cc(C(=O)Nc2ccc3sccc3c2)ccn1. The monoisotopic (exact) mass is 283 g/mol. The molecular formula is C15H13N3OS. The largest absolute Gasteiger partial charge is 0.325 e. The molecule has 2 aromatic heterocycles. The Labute approximate surface area is 120 Å². The fourth-order valence-corrected chi connectivity index (χ4v) is 2.75. The molecule has 0 atom stereocenters. The van der Waals surface area contributed by atoms with Crippen LogP contribution in [0.3, 0.4) is 0 Å². The zero-order valence-corrected chi connectivity index (χ0v) is 11.5. The number of benzene rings is 1. The van der Waals surface area contributed by atoms with Gasteiger partial charge in [-0.2, -0.15) is 0 Å². The molecular weight excluding hydrogens is 270 g/mol. The van der Waals surface area contributed by atoms with Gasteiger partial charge in [0.2, 0.25) is 0 Å². The number of hydrogen-bond acceptors (Lipinski definition) is 4. The van der Waals surface area contributed by atoms with Crippen molar-refractivity contribution in [2.24, 2.45) is 5.73 Å². The predicted molar refractivity (Wildman–Crippen MR) is 81.9 cm³/mol. The zero-order valence-electron chi connectivity index (χ0n) is 10.7. The van der Waals surface area contributed by atoms with E-state index in [4.69, 9.17) is 5.73 Å². The first kappa shape index (κ1) is 12.8. The van der Waals surface area contributed by atoms with Crippen LogP contribution in [0.4, 0.5) is 5.69 Å². The lowest BCUT2D eigenvalue weighted by Gasteiger charge is -2.06. The van der Waals surface area contributed by atoms with Gasteiger partial charge < -0.3 is 11.1 Å². The van der Waals surface area contributed by atoms with Gasteiger partial charge in [-0.05, 0) is 47.2 Å². The van der Waals surface area contributed by atoms with Crippen LogP contribution in [0.15, 0.2) is 48.0 Å². The Morgan fingerprint density at radius 2 is 2.15 bits per heavy atom. The minimum Gasteiger partial charge on any atom is -0.325 e. The van der Waals surface area contributed by atoms with Crippen molar-refractivity contribution in [3.8, 4) is 0 Å². The molecule has 0 unspecified atom stereocenters. The van der Waals surface area contributed by atoms with Gasteiger partial charge in [-0.25, -0.2) is 0 Å². The summed E-state index contributed by atoms with van der Waals surface area (Å²) in [6.45, 7) is 0.321. The van der Waals surface area contributed by atoms with Crippen molar-refractivity contribution in [1.82, 2.24) is 4.98 Å². The molecule has 1 aromatic carbocycles. The summed E-state index contributed by atoms with van der Waals surface area (Å²) in [5, 5.41) is 6.05. The van der Waals surface area contributed by atoms with Crippen molar-refractivity contribution in [2.75, 3.05) is 5.32 Å². The smallest absolute Gasteiger partial charge is 0.255 e. The first-order chi connectivity index (χ1) is 9.76. The van der Waals surface area contributed by atoms with E-state index in [1.165, 1.54) is 4.70 Å². The summed E-state index contributed by atoms with van der Waals surface area (Å²) in [5.41, 5.74) is 7.57. The van der Waals surface area contributed by atoms with Crippen LogP contribution in [0.2, 0.25) is 0 Å². The molecule has 3 aromatic rings. The van der Waals surface area contributed by atoms with Crippen molar-refractivity contribution in [3.63, 3.8) is 0 Å². The highest BCUT2D eigenvalue weighted by Gasteiger charge is 2.07. The number of fused-ring (bicyclic) bond motifs is 1. The minimum atomic E-state index is -0.156. The van der Waals surface area contributed by atoms with Gasteiger partial charge in [0.05, 0.1) is 5.69 Å². The second-order valence-corrected chi connectivity index (χ2v) is 5.32. The first-order valence-electron chi connectivity index (χ1n) is 6.20.